The van der Waals surface area contributed by atoms with Gasteiger partial charge in [0.1, 0.15) is 11.5 Å². The number of thiophene rings is 1. The molecule has 0 aliphatic rings. The number of hydrogen-bond acceptors (Lipinski definition) is 6. The summed E-state index contributed by atoms with van der Waals surface area (Å²) in [4.78, 5) is 12.9. The molecule has 0 spiro atoms. The molecule has 116 valence electrons. The van der Waals surface area contributed by atoms with Crippen LogP contribution in [0.3, 0.4) is 0 Å². The summed E-state index contributed by atoms with van der Waals surface area (Å²) in [6.07, 6.45) is 1.28. The minimum atomic E-state index is -0.474. The van der Waals surface area contributed by atoms with Crippen LogP contribution in [0.15, 0.2) is 46.9 Å². The van der Waals surface area contributed by atoms with Crippen molar-refractivity contribution in [1.82, 2.24) is 15.6 Å². The third-order valence-corrected chi connectivity index (χ3v) is 3.88. The standard InChI is InChI=1S/C15H12N4O3S/c20-10-4-3-9(13(21)6-10)8-16-19-15(22)12-7-11(17-18-12)14-2-1-5-23-14/h1-8,20-21H,(H,17,18)(H,19,22)/b16-8+. The number of aromatic nitrogens is 2. The van der Waals surface area contributed by atoms with E-state index in [9.17, 15) is 15.0 Å². The third-order valence-electron chi connectivity index (χ3n) is 2.98. The second kappa shape index (κ2) is 6.32. The van der Waals surface area contributed by atoms with Crippen molar-refractivity contribution in [3.05, 3.63) is 53.0 Å². The van der Waals surface area contributed by atoms with Crippen LogP contribution in [0.2, 0.25) is 0 Å². The average molecular weight is 328 g/mol. The van der Waals surface area contributed by atoms with E-state index in [-0.39, 0.29) is 17.2 Å². The highest BCUT2D eigenvalue weighted by Gasteiger charge is 2.11. The third kappa shape index (κ3) is 3.38. The number of H-pyrrole nitrogens is 1. The molecule has 0 fully saturated rings. The number of hydrazone groups is 1. The van der Waals surface area contributed by atoms with Gasteiger partial charge >= 0.3 is 0 Å². The van der Waals surface area contributed by atoms with Gasteiger partial charge in [-0.3, -0.25) is 9.89 Å². The quantitative estimate of drug-likeness (QED) is 0.435. The van der Waals surface area contributed by atoms with E-state index in [1.807, 2.05) is 17.5 Å². The van der Waals surface area contributed by atoms with Crippen LogP contribution in [-0.4, -0.2) is 32.5 Å². The Labute approximate surface area is 134 Å². The molecule has 2 aromatic heterocycles. The zero-order valence-corrected chi connectivity index (χ0v) is 12.5. The maximum Gasteiger partial charge on any atom is 0.291 e. The molecule has 0 saturated carbocycles. The first-order chi connectivity index (χ1) is 11.1. The Morgan fingerprint density at radius 2 is 2.17 bits per heavy atom. The predicted octanol–water partition coefficient (Wildman–Crippen LogP) is 2.31. The van der Waals surface area contributed by atoms with E-state index in [1.165, 1.54) is 35.8 Å². The number of nitrogens with zero attached hydrogens (tertiary/aromatic N) is 2. The van der Waals surface area contributed by atoms with Gasteiger partial charge in [-0.25, -0.2) is 5.43 Å². The molecule has 0 atom stereocenters. The molecule has 0 bridgehead atoms. The molecule has 7 nitrogen and oxygen atoms in total. The SMILES string of the molecule is O=C(N/N=C/c1ccc(O)cc1O)c1cc(-c2cccs2)[nH]n1. The fourth-order valence-electron chi connectivity index (χ4n) is 1.86. The molecule has 3 aromatic rings. The Bertz CT molecular complexity index is 855. The minimum Gasteiger partial charge on any atom is -0.508 e. The highest BCUT2D eigenvalue weighted by molar-refractivity contribution is 7.13. The molecule has 1 aromatic carbocycles. The van der Waals surface area contributed by atoms with Crippen molar-refractivity contribution < 1.29 is 15.0 Å². The number of phenols is 2. The number of rotatable bonds is 4. The zero-order chi connectivity index (χ0) is 16.2. The summed E-state index contributed by atoms with van der Waals surface area (Å²) < 4.78 is 0. The number of aromatic amines is 1. The van der Waals surface area contributed by atoms with E-state index in [0.29, 0.717) is 5.56 Å². The Balaban J connectivity index is 1.66. The number of phenolic OH excluding ortho intramolecular Hbond substituents is 2. The van der Waals surface area contributed by atoms with Crippen LogP contribution in [-0.2, 0) is 0 Å². The molecule has 0 radical (unpaired) electrons. The lowest BCUT2D eigenvalue weighted by Gasteiger charge is -1.99. The summed E-state index contributed by atoms with van der Waals surface area (Å²) in [6.45, 7) is 0. The van der Waals surface area contributed by atoms with E-state index < -0.39 is 5.91 Å². The number of carbonyl (C=O) groups is 1. The largest absolute Gasteiger partial charge is 0.508 e. The Morgan fingerprint density at radius 3 is 2.91 bits per heavy atom. The van der Waals surface area contributed by atoms with Crippen LogP contribution in [0.25, 0.3) is 10.6 Å². The second-order valence-corrected chi connectivity index (χ2v) is 5.53. The molecule has 0 aliphatic carbocycles. The Kier molecular flexibility index (Phi) is 4.07. The van der Waals surface area contributed by atoms with Crippen LogP contribution < -0.4 is 5.43 Å². The van der Waals surface area contributed by atoms with Gasteiger partial charge in [-0.2, -0.15) is 10.2 Å². The molecule has 3 rings (SSSR count). The highest BCUT2D eigenvalue weighted by atomic mass is 32.1. The number of aromatic hydroxyl groups is 2. The lowest BCUT2D eigenvalue weighted by molar-refractivity contribution is 0.0950. The zero-order valence-electron chi connectivity index (χ0n) is 11.7. The van der Waals surface area contributed by atoms with Crippen molar-refractivity contribution in [2.45, 2.75) is 0 Å². The summed E-state index contributed by atoms with van der Waals surface area (Å²) in [5, 5.41) is 31.2. The van der Waals surface area contributed by atoms with E-state index in [4.69, 9.17) is 0 Å². The predicted molar refractivity (Wildman–Crippen MR) is 86.7 cm³/mol. The number of nitrogens with one attached hydrogen (secondary N) is 2. The van der Waals surface area contributed by atoms with Crippen molar-refractivity contribution >= 4 is 23.5 Å². The molecule has 0 unspecified atom stereocenters. The maximum absolute atomic E-state index is 12.0. The molecular formula is C15H12N4O3S. The van der Waals surface area contributed by atoms with Gasteiger partial charge < -0.3 is 10.2 Å². The summed E-state index contributed by atoms with van der Waals surface area (Å²) in [5.74, 6) is -0.664. The molecule has 23 heavy (non-hydrogen) atoms. The topological polar surface area (TPSA) is 111 Å². The van der Waals surface area contributed by atoms with Gasteiger partial charge in [-0.1, -0.05) is 6.07 Å². The lowest BCUT2D eigenvalue weighted by atomic mass is 10.2. The fourth-order valence-corrected chi connectivity index (χ4v) is 2.55. The molecule has 2 heterocycles. The lowest BCUT2D eigenvalue weighted by Crippen LogP contribution is -2.18. The average Bonchev–Trinajstić information content (AvgIpc) is 3.20. The molecular weight excluding hydrogens is 316 g/mol. The first-order valence-corrected chi connectivity index (χ1v) is 7.46. The summed E-state index contributed by atoms with van der Waals surface area (Å²) in [5.41, 5.74) is 3.65. The molecule has 4 N–H and O–H groups in total. The summed E-state index contributed by atoms with van der Waals surface area (Å²) in [6, 6.07) is 9.53. The highest BCUT2D eigenvalue weighted by Crippen LogP contribution is 2.23. The van der Waals surface area contributed by atoms with Gasteiger partial charge in [0.15, 0.2) is 5.69 Å². The van der Waals surface area contributed by atoms with Crippen LogP contribution in [0.5, 0.6) is 11.5 Å². The second-order valence-electron chi connectivity index (χ2n) is 4.59. The molecule has 0 saturated heterocycles. The van der Waals surface area contributed by atoms with Crippen molar-refractivity contribution in [3.8, 4) is 22.1 Å². The number of benzene rings is 1. The van der Waals surface area contributed by atoms with Gasteiger partial charge in [0, 0.05) is 11.6 Å². The Hall–Kier alpha value is -3.13. The first-order valence-electron chi connectivity index (χ1n) is 6.58. The summed E-state index contributed by atoms with van der Waals surface area (Å²) in [7, 11) is 0. The number of hydrogen-bond donors (Lipinski definition) is 4. The molecule has 1 amide bonds. The van der Waals surface area contributed by atoms with Crippen LogP contribution >= 0.6 is 11.3 Å². The van der Waals surface area contributed by atoms with E-state index in [2.05, 4.69) is 20.7 Å². The van der Waals surface area contributed by atoms with Crippen molar-refractivity contribution in [2.24, 2.45) is 5.10 Å². The van der Waals surface area contributed by atoms with Gasteiger partial charge in [0.2, 0.25) is 0 Å². The number of carbonyl (C=O) groups excluding carboxylic acids is 1. The fraction of sp³-hybridized carbons (Fsp3) is 0. The van der Waals surface area contributed by atoms with Gasteiger partial charge in [0.05, 0.1) is 16.8 Å². The van der Waals surface area contributed by atoms with E-state index in [1.54, 1.807) is 6.07 Å². The van der Waals surface area contributed by atoms with Crippen LogP contribution in [0, 0.1) is 0 Å². The van der Waals surface area contributed by atoms with Crippen LogP contribution in [0.1, 0.15) is 16.1 Å². The van der Waals surface area contributed by atoms with Crippen molar-refractivity contribution in [2.75, 3.05) is 0 Å². The van der Waals surface area contributed by atoms with Crippen molar-refractivity contribution in [3.63, 3.8) is 0 Å². The minimum absolute atomic E-state index is 0.0543. The normalized spacial score (nSPS) is 11.0. The smallest absolute Gasteiger partial charge is 0.291 e. The van der Waals surface area contributed by atoms with Gasteiger partial charge in [-0.05, 0) is 29.6 Å². The Morgan fingerprint density at radius 1 is 1.30 bits per heavy atom. The number of amides is 1. The van der Waals surface area contributed by atoms with Gasteiger partial charge in [-0.15, -0.1) is 11.3 Å². The summed E-state index contributed by atoms with van der Waals surface area (Å²) >= 11 is 1.54. The monoisotopic (exact) mass is 328 g/mol. The van der Waals surface area contributed by atoms with Crippen LogP contribution in [0.4, 0.5) is 0 Å². The first kappa shape index (κ1) is 14.8. The van der Waals surface area contributed by atoms with E-state index >= 15 is 0 Å². The maximum atomic E-state index is 12.0. The van der Waals surface area contributed by atoms with E-state index in [0.717, 1.165) is 10.6 Å². The van der Waals surface area contributed by atoms with Gasteiger partial charge in [0.25, 0.3) is 5.91 Å². The molecule has 8 heteroatoms. The van der Waals surface area contributed by atoms with Crippen molar-refractivity contribution in [1.29, 1.82) is 0 Å². The molecule has 0 aliphatic heterocycles.